The summed E-state index contributed by atoms with van der Waals surface area (Å²) in [6.45, 7) is 2.97. The normalized spacial score (nSPS) is 21.1. The molecule has 0 spiro atoms. The molecule has 1 fully saturated rings. The molecule has 2 heterocycles. The zero-order chi connectivity index (χ0) is 20.4. The molecule has 4 rings (SSSR count). The Balaban J connectivity index is 1.48. The van der Waals surface area contributed by atoms with Crippen LogP contribution in [-0.4, -0.2) is 42.3 Å². The average molecular weight is 416 g/mol. The van der Waals surface area contributed by atoms with E-state index in [1.165, 1.54) is 22.7 Å². The van der Waals surface area contributed by atoms with Gasteiger partial charge >= 0.3 is 6.03 Å². The Morgan fingerprint density at radius 1 is 1.14 bits per heavy atom. The van der Waals surface area contributed by atoms with Crippen molar-refractivity contribution < 1.29 is 23.5 Å². The summed E-state index contributed by atoms with van der Waals surface area (Å²) in [6.07, 6.45) is 0.782. The number of benzene rings is 2. The highest BCUT2D eigenvalue weighted by Gasteiger charge is 2.49. The minimum absolute atomic E-state index is 0.184. The summed E-state index contributed by atoms with van der Waals surface area (Å²) in [5.74, 6) is 0.941. The van der Waals surface area contributed by atoms with Gasteiger partial charge in [-0.25, -0.2) is 9.18 Å². The number of nitrogens with zero attached hydrogens (tertiary/aromatic N) is 1. The topological polar surface area (TPSA) is 67.9 Å². The molecule has 29 heavy (non-hydrogen) atoms. The number of carbonyl (C=O) groups is 2. The minimum Gasteiger partial charge on any atom is -0.490 e. The van der Waals surface area contributed by atoms with Gasteiger partial charge in [-0.3, -0.25) is 9.69 Å². The largest absolute Gasteiger partial charge is 0.490 e. The van der Waals surface area contributed by atoms with Crippen molar-refractivity contribution in [2.75, 3.05) is 25.5 Å². The molecule has 0 unspecified atom stereocenters. The van der Waals surface area contributed by atoms with E-state index in [2.05, 4.69) is 5.32 Å². The van der Waals surface area contributed by atoms with E-state index in [1.807, 2.05) is 0 Å². The van der Waals surface area contributed by atoms with Crippen LogP contribution in [0.2, 0.25) is 0 Å². The van der Waals surface area contributed by atoms with E-state index < -0.39 is 11.6 Å². The number of thioether (sulfide) groups is 1. The van der Waals surface area contributed by atoms with Crippen LogP contribution in [-0.2, 0) is 10.3 Å². The van der Waals surface area contributed by atoms with Crippen molar-refractivity contribution >= 4 is 23.7 Å². The standard InChI is InChI=1S/C21H21FN2O4S/c1-21(14-7-8-16-17(13-14)28-11-4-10-27-16)19(25)24(20(26)23-21)9-12-29-18-6-3-2-5-15(18)22/h2-3,5-8,13H,4,9-12H2,1H3,(H,23,26)/t21-/m1/s1. The summed E-state index contributed by atoms with van der Waals surface area (Å²) in [4.78, 5) is 27.2. The molecule has 2 aromatic rings. The van der Waals surface area contributed by atoms with E-state index >= 15 is 0 Å². The van der Waals surface area contributed by atoms with Gasteiger partial charge in [0.2, 0.25) is 0 Å². The van der Waals surface area contributed by atoms with Crippen LogP contribution < -0.4 is 14.8 Å². The molecule has 0 aliphatic carbocycles. The Bertz CT molecular complexity index is 954. The van der Waals surface area contributed by atoms with Gasteiger partial charge in [-0.1, -0.05) is 18.2 Å². The number of rotatable bonds is 5. The molecule has 2 aromatic carbocycles. The number of halogens is 1. The summed E-state index contributed by atoms with van der Waals surface area (Å²) in [5.41, 5.74) is -0.561. The van der Waals surface area contributed by atoms with Gasteiger partial charge in [0.25, 0.3) is 5.91 Å². The minimum atomic E-state index is -1.19. The number of fused-ring (bicyclic) bond motifs is 1. The average Bonchev–Trinajstić information content (AvgIpc) is 2.87. The van der Waals surface area contributed by atoms with Crippen molar-refractivity contribution in [1.82, 2.24) is 10.2 Å². The predicted molar refractivity (Wildman–Crippen MR) is 107 cm³/mol. The number of hydrogen-bond donors (Lipinski definition) is 1. The quantitative estimate of drug-likeness (QED) is 0.597. The van der Waals surface area contributed by atoms with Crippen molar-refractivity contribution in [3.63, 3.8) is 0 Å². The molecule has 1 atom stereocenters. The molecular weight excluding hydrogens is 395 g/mol. The fraction of sp³-hybridized carbons (Fsp3) is 0.333. The first kappa shape index (κ1) is 19.6. The maximum absolute atomic E-state index is 13.8. The highest BCUT2D eigenvalue weighted by Crippen LogP contribution is 2.36. The number of carbonyl (C=O) groups excluding carboxylic acids is 2. The van der Waals surface area contributed by atoms with Crippen LogP contribution in [0.3, 0.4) is 0 Å². The Morgan fingerprint density at radius 2 is 1.90 bits per heavy atom. The fourth-order valence-electron chi connectivity index (χ4n) is 3.38. The van der Waals surface area contributed by atoms with E-state index in [4.69, 9.17) is 9.47 Å². The molecule has 6 nitrogen and oxygen atoms in total. The second kappa shape index (κ2) is 7.94. The number of imide groups is 1. The zero-order valence-electron chi connectivity index (χ0n) is 15.9. The van der Waals surface area contributed by atoms with E-state index in [0.29, 0.717) is 40.9 Å². The zero-order valence-corrected chi connectivity index (χ0v) is 16.8. The van der Waals surface area contributed by atoms with Gasteiger partial charge in [-0.15, -0.1) is 11.8 Å². The molecule has 8 heteroatoms. The molecule has 152 valence electrons. The van der Waals surface area contributed by atoms with Crippen LogP contribution in [0.25, 0.3) is 0 Å². The Kier molecular flexibility index (Phi) is 5.36. The van der Waals surface area contributed by atoms with Crippen molar-refractivity contribution in [3.8, 4) is 11.5 Å². The van der Waals surface area contributed by atoms with Crippen LogP contribution in [0.4, 0.5) is 9.18 Å². The first-order valence-corrected chi connectivity index (χ1v) is 10.4. The summed E-state index contributed by atoms with van der Waals surface area (Å²) in [6, 6.07) is 11.2. The van der Waals surface area contributed by atoms with Crippen molar-refractivity contribution in [2.24, 2.45) is 0 Å². The molecule has 1 saturated heterocycles. The molecule has 3 amide bonds. The summed E-state index contributed by atoms with van der Waals surface area (Å²) in [7, 11) is 0. The van der Waals surface area contributed by atoms with Gasteiger partial charge in [0.1, 0.15) is 11.4 Å². The second-order valence-corrected chi connectivity index (χ2v) is 8.14. The Hall–Kier alpha value is -2.74. The van der Waals surface area contributed by atoms with Gasteiger partial charge in [0, 0.05) is 23.6 Å². The monoisotopic (exact) mass is 416 g/mol. The third-order valence-corrected chi connectivity index (χ3v) is 6.04. The fourth-order valence-corrected chi connectivity index (χ4v) is 4.25. The lowest BCUT2D eigenvalue weighted by Crippen LogP contribution is -2.41. The first-order valence-electron chi connectivity index (χ1n) is 9.40. The van der Waals surface area contributed by atoms with Crippen LogP contribution >= 0.6 is 11.8 Å². The maximum Gasteiger partial charge on any atom is 0.325 e. The van der Waals surface area contributed by atoms with Gasteiger partial charge in [-0.05, 0) is 36.8 Å². The molecule has 2 aliphatic rings. The molecule has 0 bridgehead atoms. The van der Waals surface area contributed by atoms with Crippen LogP contribution in [0.15, 0.2) is 47.4 Å². The number of hydrogen-bond acceptors (Lipinski definition) is 5. The van der Waals surface area contributed by atoms with E-state index in [-0.39, 0.29) is 18.3 Å². The van der Waals surface area contributed by atoms with Gasteiger partial charge in [-0.2, -0.15) is 0 Å². The third kappa shape index (κ3) is 3.76. The SMILES string of the molecule is C[C@]1(c2ccc3c(c2)OCCCO3)NC(=O)N(CCSc2ccccc2F)C1=O. The Morgan fingerprint density at radius 3 is 2.69 bits per heavy atom. The van der Waals surface area contributed by atoms with Gasteiger partial charge in [0.05, 0.1) is 13.2 Å². The molecule has 0 saturated carbocycles. The Labute approximate surface area is 172 Å². The number of urea groups is 1. The van der Waals surface area contributed by atoms with E-state index in [0.717, 1.165) is 6.42 Å². The molecular formula is C21H21FN2O4S. The predicted octanol–water partition coefficient (Wildman–Crippen LogP) is 3.55. The highest BCUT2D eigenvalue weighted by molar-refractivity contribution is 7.99. The number of nitrogens with one attached hydrogen (secondary N) is 1. The summed E-state index contributed by atoms with van der Waals surface area (Å²) < 4.78 is 25.1. The molecule has 2 aliphatic heterocycles. The van der Waals surface area contributed by atoms with Gasteiger partial charge in [0.15, 0.2) is 11.5 Å². The van der Waals surface area contributed by atoms with E-state index in [1.54, 1.807) is 43.3 Å². The lowest BCUT2D eigenvalue weighted by molar-refractivity contribution is -0.130. The third-order valence-electron chi connectivity index (χ3n) is 5.01. The van der Waals surface area contributed by atoms with Crippen molar-refractivity contribution in [1.29, 1.82) is 0 Å². The van der Waals surface area contributed by atoms with Crippen molar-refractivity contribution in [2.45, 2.75) is 23.8 Å². The highest BCUT2D eigenvalue weighted by atomic mass is 32.2. The molecule has 1 N–H and O–H groups in total. The molecule has 0 radical (unpaired) electrons. The van der Waals surface area contributed by atoms with Crippen LogP contribution in [0, 0.1) is 5.82 Å². The summed E-state index contributed by atoms with van der Waals surface area (Å²) in [5, 5.41) is 2.79. The van der Waals surface area contributed by atoms with Crippen LogP contribution in [0.5, 0.6) is 11.5 Å². The van der Waals surface area contributed by atoms with Crippen molar-refractivity contribution in [3.05, 3.63) is 53.8 Å². The number of ether oxygens (including phenoxy) is 2. The second-order valence-electron chi connectivity index (χ2n) is 7.00. The molecule has 0 aromatic heterocycles. The maximum atomic E-state index is 13.8. The van der Waals surface area contributed by atoms with Gasteiger partial charge < -0.3 is 14.8 Å². The first-order chi connectivity index (χ1) is 14.0. The van der Waals surface area contributed by atoms with Crippen LogP contribution in [0.1, 0.15) is 18.9 Å². The summed E-state index contributed by atoms with van der Waals surface area (Å²) >= 11 is 1.27. The number of amides is 3. The smallest absolute Gasteiger partial charge is 0.325 e. The lowest BCUT2D eigenvalue weighted by Gasteiger charge is -2.23. The van der Waals surface area contributed by atoms with E-state index in [9.17, 15) is 14.0 Å². The lowest BCUT2D eigenvalue weighted by atomic mass is 9.91.